The van der Waals surface area contributed by atoms with Gasteiger partial charge in [-0.3, -0.25) is 9.89 Å². The lowest BCUT2D eigenvalue weighted by molar-refractivity contribution is -0.0255. The number of aromatic nitrogens is 2. The first-order valence-corrected chi connectivity index (χ1v) is 13.2. The van der Waals surface area contributed by atoms with Crippen LogP contribution in [0.4, 0.5) is 5.69 Å². The molecule has 0 amide bonds. The fourth-order valence-corrected chi connectivity index (χ4v) is 6.07. The molecule has 2 aromatic rings. The molecule has 0 radical (unpaired) electrons. The van der Waals surface area contributed by atoms with Crippen LogP contribution in [0.5, 0.6) is 5.75 Å². The van der Waals surface area contributed by atoms with Crippen molar-refractivity contribution >= 4 is 21.5 Å². The van der Waals surface area contributed by atoms with E-state index in [9.17, 15) is 13.6 Å². The molecule has 0 saturated carbocycles. The van der Waals surface area contributed by atoms with Crippen molar-refractivity contribution in [1.82, 2.24) is 19.1 Å². The zero-order chi connectivity index (χ0) is 24.5. The maximum absolute atomic E-state index is 13.3. The van der Waals surface area contributed by atoms with E-state index < -0.39 is 10.0 Å². The second-order valence-corrected chi connectivity index (χ2v) is 10.7. The van der Waals surface area contributed by atoms with Gasteiger partial charge >= 0.3 is 0 Å². The molecule has 4 rings (SSSR count). The van der Waals surface area contributed by atoms with E-state index in [0.29, 0.717) is 37.4 Å². The number of fused-ring (bicyclic) bond motifs is 1. The maximum atomic E-state index is 13.3. The lowest BCUT2D eigenvalue weighted by atomic mass is 9.98. The van der Waals surface area contributed by atoms with E-state index in [4.69, 9.17) is 14.8 Å². The average molecular weight is 492 g/mol. The van der Waals surface area contributed by atoms with Crippen molar-refractivity contribution in [3.63, 3.8) is 0 Å². The van der Waals surface area contributed by atoms with Crippen molar-refractivity contribution in [2.24, 2.45) is 18.0 Å². The Balaban J connectivity index is 1.71. The third kappa shape index (κ3) is 4.57. The zero-order valence-electron chi connectivity index (χ0n) is 19.9. The van der Waals surface area contributed by atoms with Gasteiger partial charge in [-0.1, -0.05) is 13.3 Å². The predicted octanol–water partition coefficient (Wildman–Crippen LogP) is 2.45. The number of benzene rings is 1. The minimum Gasteiger partial charge on any atom is -0.493 e. The monoisotopic (exact) mass is 491 g/mol. The molecule has 10 nitrogen and oxygen atoms in total. The first kappa shape index (κ1) is 24.6. The molecule has 1 fully saturated rings. The van der Waals surface area contributed by atoms with Crippen LogP contribution in [0.3, 0.4) is 0 Å². The van der Waals surface area contributed by atoms with Crippen molar-refractivity contribution in [1.29, 1.82) is 0 Å². The molecule has 0 spiro atoms. The molecule has 34 heavy (non-hydrogen) atoms. The van der Waals surface area contributed by atoms with Crippen LogP contribution in [-0.4, -0.2) is 70.0 Å². The Labute approximate surface area is 200 Å². The number of hydroxylamine groups is 2. The topological polar surface area (TPSA) is 120 Å². The van der Waals surface area contributed by atoms with Crippen molar-refractivity contribution < 1.29 is 23.5 Å². The first-order chi connectivity index (χ1) is 16.3. The number of hydrogen-bond acceptors (Lipinski definition) is 8. The minimum absolute atomic E-state index is 0.115. The SMILES string of the molecule is CCCc1nn(C)c2c1N=C(c1cc(S(=O)(=O)N3CC(CCCO)C3)ccc1OCC)N(O)C2. The Morgan fingerprint density at radius 2 is 2.00 bits per heavy atom. The summed E-state index contributed by atoms with van der Waals surface area (Å²) in [6.45, 7) is 5.48. The molecule has 0 unspecified atom stereocenters. The van der Waals surface area contributed by atoms with Crippen molar-refractivity contribution in [3.05, 3.63) is 35.2 Å². The summed E-state index contributed by atoms with van der Waals surface area (Å²) in [7, 11) is -1.87. The highest BCUT2D eigenvalue weighted by Gasteiger charge is 2.37. The van der Waals surface area contributed by atoms with Crippen LogP contribution in [-0.2, 0) is 30.0 Å². The Kier molecular flexibility index (Phi) is 7.27. The third-order valence-corrected chi connectivity index (χ3v) is 8.11. The van der Waals surface area contributed by atoms with Gasteiger partial charge in [-0.25, -0.2) is 18.5 Å². The van der Waals surface area contributed by atoms with Gasteiger partial charge in [0.1, 0.15) is 11.4 Å². The highest BCUT2D eigenvalue weighted by molar-refractivity contribution is 7.89. The van der Waals surface area contributed by atoms with E-state index in [-0.39, 0.29) is 29.8 Å². The van der Waals surface area contributed by atoms with Gasteiger partial charge in [0.05, 0.1) is 35.0 Å². The smallest absolute Gasteiger partial charge is 0.243 e. The second kappa shape index (κ2) is 10.0. The molecule has 2 N–H and O–H groups in total. The fourth-order valence-electron chi connectivity index (χ4n) is 4.46. The molecular formula is C23H33N5O5S. The predicted molar refractivity (Wildman–Crippen MR) is 127 cm³/mol. The van der Waals surface area contributed by atoms with E-state index in [1.807, 2.05) is 14.0 Å². The quantitative estimate of drug-likeness (QED) is 0.524. The van der Waals surface area contributed by atoms with Gasteiger partial charge < -0.3 is 9.84 Å². The lowest BCUT2D eigenvalue weighted by Gasteiger charge is -2.38. The van der Waals surface area contributed by atoms with E-state index in [1.54, 1.807) is 10.7 Å². The zero-order valence-corrected chi connectivity index (χ0v) is 20.8. The van der Waals surface area contributed by atoms with E-state index in [2.05, 4.69) is 12.0 Å². The number of aliphatic imine (C=N–C) groups is 1. The number of aliphatic hydroxyl groups is 1. The van der Waals surface area contributed by atoms with E-state index >= 15 is 0 Å². The first-order valence-electron chi connectivity index (χ1n) is 11.8. The summed E-state index contributed by atoms with van der Waals surface area (Å²) in [5.74, 6) is 0.955. The van der Waals surface area contributed by atoms with Crippen molar-refractivity contribution in [2.45, 2.75) is 51.0 Å². The van der Waals surface area contributed by atoms with Crippen molar-refractivity contribution in [3.8, 4) is 5.75 Å². The van der Waals surface area contributed by atoms with Gasteiger partial charge in [0.25, 0.3) is 0 Å². The number of rotatable bonds is 10. The molecule has 3 heterocycles. The Bertz CT molecular complexity index is 1170. The summed E-state index contributed by atoms with van der Waals surface area (Å²) < 4.78 is 35.5. The number of aliphatic hydroxyl groups excluding tert-OH is 1. The summed E-state index contributed by atoms with van der Waals surface area (Å²) >= 11 is 0. The molecule has 0 aliphatic carbocycles. The fraction of sp³-hybridized carbons (Fsp3) is 0.565. The van der Waals surface area contributed by atoms with Crippen LogP contribution >= 0.6 is 0 Å². The summed E-state index contributed by atoms with van der Waals surface area (Å²) in [6.07, 6.45) is 3.14. The third-order valence-electron chi connectivity index (χ3n) is 6.28. The molecule has 186 valence electrons. The number of nitrogens with zero attached hydrogens (tertiary/aromatic N) is 5. The van der Waals surface area contributed by atoms with Gasteiger partial charge in [0, 0.05) is 26.7 Å². The molecule has 0 atom stereocenters. The van der Waals surface area contributed by atoms with Crippen LogP contribution in [0.25, 0.3) is 0 Å². The highest BCUT2D eigenvalue weighted by Crippen LogP contribution is 2.35. The van der Waals surface area contributed by atoms with E-state index in [0.717, 1.165) is 41.4 Å². The van der Waals surface area contributed by atoms with Crippen LogP contribution in [0, 0.1) is 5.92 Å². The summed E-state index contributed by atoms with van der Waals surface area (Å²) in [6, 6.07) is 4.69. The standard InChI is InChI=1S/C23H33N5O5S/c1-4-7-19-22-20(26(3)25-19)15-28(30)23(24-22)18-12-17(9-10-21(18)33-5-2)34(31,32)27-13-16(14-27)8-6-11-29/h9-10,12,16,29-30H,4-8,11,13-15H2,1-3H3. The number of hydrogen-bond donors (Lipinski definition) is 2. The molecule has 1 aromatic carbocycles. The Hall–Kier alpha value is -2.47. The van der Waals surface area contributed by atoms with Crippen molar-refractivity contribution in [2.75, 3.05) is 26.3 Å². The van der Waals surface area contributed by atoms with E-state index in [1.165, 1.54) is 16.4 Å². The van der Waals surface area contributed by atoms with Gasteiger partial charge in [-0.2, -0.15) is 9.40 Å². The van der Waals surface area contributed by atoms with Crippen LogP contribution in [0.2, 0.25) is 0 Å². The highest BCUT2D eigenvalue weighted by atomic mass is 32.2. The molecule has 2 aliphatic rings. The van der Waals surface area contributed by atoms with Gasteiger partial charge in [0.15, 0.2) is 5.84 Å². The minimum atomic E-state index is -3.70. The van der Waals surface area contributed by atoms with Crippen LogP contribution < -0.4 is 4.74 Å². The lowest BCUT2D eigenvalue weighted by Crippen LogP contribution is -2.49. The number of ether oxygens (including phenoxy) is 1. The molecule has 1 aromatic heterocycles. The van der Waals surface area contributed by atoms with Crippen LogP contribution in [0.1, 0.15) is 50.1 Å². The average Bonchev–Trinajstić information content (AvgIpc) is 3.07. The number of aryl methyl sites for hydroxylation is 2. The number of sulfonamides is 1. The molecule has 0 bridgehead atoms. The van der Waals surface area contributed by atoms with Gasteiger partial charge in [0.2, 0.25) is 10.0 Å². The van der Waals surface area contributed by atoms with Crippen LogP contribution in [0.15, 0.2) is 28.1 Å². The Morgan fingerprint density at radius 3 is 2.68 bits per heavy atom. The summed E-state index contributed by atoms with van der Waals surface area (Å²) in [4.78, 5) is 4.86. The largest absolute Gasteiger partial charge is 0.493 e. The maximum Gasteiger partial charge on any atom is 0.243 e. The van der Waals surface area contributed by atoms with Gasteiger partial charge in [-0.15, -0.1) is 0 Å². The number of amidine groups is 1. The summed E-state index contributed by atoms with van der Waals surface area (Å²) in [5.41, 5.74) is 2.78. The Morgan fingerprint density at radius 1 is 1.24 bits per heavy atom. The summed E-state index contributed by atoms with van der Waals surface area (Å²) in [5, 5.41) is 25.4. The normalized spacial score (nSPS) is 16.9. The second-order valence-electron chi connectivity index (χ2n) is 8.75. The van der Waals surface area contributed by atoms with Gasteiger partial charge in [-0.05, 0) is 50.3 Å². The molecule has 11 heteroatoms. The molecular weight excluding hydrogens is 458 g/mol. The molecule has 1 saturated heterocycles. The molecule has 2 aliphatic heterocycles.